The van der Waals surface area contributed by atoms with Gasteiger partial charge in [0.1, 0.15) is 6.61 Å². The third-order valence-corrected chi connectivity index (χ3v) is 2.90. The van der Waals surface area contributed by atoms with Crippen LogP contribution in [0, 0.1) is 0 Å². The molecule has 5 nitrogen and oxygen atoms in total. The number of hydrogen-bond donors (Lipinski definition) is 0. The van der Waals surface area contributed by atoms with Crippen LogP contribution in [-0.4, -0.2) is 36.8 Å². The maximum absolute atomic E-state index is 5.76. The number of para-hydroxylation sites is 2. The lowest BCUT2D eigenvalue weighted by atomic mass is 10.3. The summed E-state index contributed by atoms with van der Waals surface area (Å²) in [5.41, 5.74) is 0. The first-order chi connectivity index (χ1) is 9.85. The number of methoxy groups -OCH3 is 1. The summed E-state index contributed by atoms with van der Waals surface area (Å²) in [6, 6.07) is 9.43. The molecule has 2 aromatic rings. The second kappa shape index (κ2) is 7.33. The number of rotatable bonds is 7. The van der Waals surface area contributed by atoms with E-state index in [0.717, 1.165) is 30.5 Å². The van der Waals surface area contributed by atoms with E-state index in [1.807, 2.05) is 30.3 Å². The number of hydrogen-bond acceptors (Lipinski definition) is 5. The van der Waals surface area contributed by atoms with Gasteiger partial charge in [-0.3, -0.25) is 0 Å². The zero-order chi connectivity index (χ0) is 14.2. The van der Waals surface area contributed by atoms with Gasteiger partial charge in [-0.05, 0) is 25.1 Å². The standard InChI is InChI=1S/C15H19N3O2/c1-3-18(15-16-9-6-10-17-15)11-12-20-14-8-5-4-7-13(14)19-2/h4-10H,3,11-12H2,1-2H3. The van der Waals surface area contributed by atoms with Gasteiger partial charge in [0.25, 0.3) is 0 Å². The highest BCUT2D eigenvalue weighted by Gasteiger charge is 2.08. The van der Waals surface area contributed by atoms with E-state index in [2.05, 4.69) is 21.8 Å². The minimum atomic E-state index is 0.548. The van der Waals surface area contributed by atoms with Crippen molar-refractivity contribution in [3.8, 4) is 11.5 Å². The van der Waals surface area contributed by atoms with Crippen molar-refractivity contribution in [2.75, 3.05) is 31.7 Å². The molecular weight excluding hydrogens is 254 g/mol. The Hall–Kier alpha value is -2.30. The Morgan fingerprint density at radius 1 is 1.05 bits per heavy atom. The van der Waals surface area contributed by atoms with Crippen LogP contribution in [0.25, 0.3) is 0 Å². The summed E-state index contributed by atoms with van der Waals surface area (Å²) < 4.78 is 11.0. The van der Waals surface area contributed by atoms with E-state index in [9.17, 15) is 0 Å². The first kappa shape index (κ1) is 14.1. The molecule has 0 unspecified atom stereocenters. The van der Waals surface area contributed by atoms with E-state index >= 15 is 0 Å². The molecule has 0 bridgehead atoms. The number of aromatic nitrogens is 2. The molecule has 1 aromatic carbocycles. The number of nitrogens with zero attached hydrogens (tertiary/aromatic N) is 3. The smallest absolute Gasteiger partial charge is 0.225 e. The topological polar surface area (TPSA) is 47.5 Å². The SMILES string of the molecule is CCN(CCOc1ccccc1OC)c1ncccn1. The lowest BCUT2D eigenvalue weighted by Gasteiger charge is -2.20. The number of anilines is 1. The molecule has 20 heavy (non-hydrogen) atoms. The van der Waals surface area contributed by atoms with Gasteiger partial charge in [-0.25, -0.2) is 9.97 Å². The third-order valence-electron chi connectivity index (χ3n) is 2.90. The minimum absolute atomic E-state index is 0.548. The first-order valence-corrected chi connectivity index (χ1v) is 6.63. The Bertz CT molecular complexity index is 520. The molecule has 0 fully saturated rings. The molecule has 5 heteroatoms. The number of ether oxygens (including phenoxy) is 2. The summed E-state index contributed by atoms with van der Waals surface area (Å²) in [5, 5.41) is 0. The molecule has 1 heterocycles. The highest BCUT2D eigenvalue weighted by Crippen LogP contribution is 2.25. The van der Waals surface area contributed by atoms with Gasteiger partial charge in [0.2, 0.25) is 5.95 Å². The van der Waals surface area contributed by atoms with E-state index < -0.39 is 0 Å². The van der Waals surface area contributed by atoms with E-state index in [1.54, 1.807) is 19.5 Å². The second-order valence-electron chi connectivity index (χ2n) is 4.13. The van der Waals surface area contributed by atoms with Gasteiger partial charge in [-0.15, -0.1) is 0 Å². The van der Waals surface area contributed by atoms with E-state index in [0.29, 0.717) is 6.61 Å². The molecule has 0 radical (unpaired) electrons. The van der Waals surface area contributed by atoms with Crippen LogP contribution < -0.4 is 14.4 Å². The predicted octanol–water partition coefficient (Wildman–Crippen LogP) is 2.39. The van der Waals surface area contributed by atoms with Crippen molar-refractivity contribution in [3.05, 3.63) is 42.7 Å². The van der Waals surface area contributed by atoms with Crippen molar-refractivity contribution in [1.29, 1.82) is 0 Å². The molecule has 0 aliphatic rings. The Balaban J connectivity index is 1.91. The van der Waals surface area contributed by atoms with Crippen molar-refractivity contribution in [1.82, 2.24) is 9.97 Å². The fraction of sp³-hybridized carbons (Fsp3) is 0.333. The fourth-order valence-corrected chi connectivity index (χ4v) is 1.86. The molecule has 0 aliphatic heterocycles. The summed E-state index contributed by atoms with van der Waals surface area (Å²) >= 11 is 0. The molecule has 2 rings (SSSR count). The highest BCUT2D eigenvalue weighted by atomic mass is 16.5. The lowest BCUT2D eigenvalue weighted by Crippen LogP contribution is -2.29. The molecular formula is C15H19N3O2. The Morgan fingerprint density at radius 2 is 1.75 bits per heavy atom. The lowest BCUT2D eigenvalue weighted by molar-refractivity contribution is 0.299. The van der Waals surface area contributed by atoms with Gasteiger partial charge in [0, 0.05) is 18.9 Å². The van der Waals surface area contributed by atoms with Crippen molar-refractivity contribution in [3.63, 3.8) is 0 Å². The van der Waals surface area contributed by atoms with Gasteiger partial charge >= 0.3 is 0 Å². The molecule has 0 saturated heterocycles. The van der Waals surface area contributed by atoms with Crippen LogP contribution in [-0.2, 0) is 0 Å². The average molecular weight is 273 g/mol. The number of likely N-dealkylation sites (N-methyl/N-ethyl adjacent to an activating group) is 1. The van der Waals surface area contributed by atoms with Crippen LogP contribution in [0.1, 0.15) is 6.92 Å². The molecule has 1 aromatic heterocycles. The first-order valence-electron chi connectivity index (χ1n) is 6.63. The largest absolute Gasteiger partial charge is 0.493 e. The molecule has 0 spiro atoms. The van der Waals surface area contributed by atoms with Crippen LogP contribution in [0.2, 0.25) is 0 Å². The van der Waals surface area contributed by atoms with Gasteiger partial charge < -0.3 is 14.4 Å². The van der Waals surface area contributed by atoms with Crippen LogP contribution in [0.15, 0.2) is 42.7 Å². The Kier molecular flexibility index (Phi) is 5.17. The molecule has 0 amide bonds. The zero-order valence-corrected chi connectivity index (χ0v) is 11.8. The van der Waals surface area contributed by atoms with Crippen molar-refractivity contribution >= 4 is 5.95 Å². The van der Waals surface area contributed by atoms with Crippen molar-refractivity contribution < 1.29 is 9.47 Å². The number of benzene rings is 1. The molecule has 0 atom stereocenters. The molecule has 106 valence electrons. The van der Waals surface area contributed by atoms with Gasteiger partial charge in [0.15, 0.2) is 11.5 Å². The van der Waals surface area contributed by atoms with Crippen molar-refractivity contribution in [2.24, 2.45) is 0 Å². The maximum Gasteiger partial charge on any atom is 0.225 e. The Labute approximate surface area is 119 Å². The second-order valence-corrected chi connectivity index (χ2v) is 4.13. The minimum Gasteiger partial charge on any atom is -0.493 e. The fourth-order valence-electron chi connectivity index (χ4n) is 1.86. The van der Waals surface area contributed by atoms with E-state index in [4.69, 9.17) is 9.47 Å². The predicted molar refractivity (Wildman–Crippen MR) is 78.4 cm³/mol. The summed E-state index contributed by atoms with van der Waals surface area (Å²) in [6.45, 7) is 4.17. The van der Waals surface area contributed by atoms with E-state index in [-0.39, 0.29) is 0 Å². The monoisotopic (exact) mass is 273 g/mol. The van der Waals surface area contributed by atoms with E-state index in [1.165, 1.54) is 0 Å². The van der Waals surface area contributed by atoms with Crippen LogP contribution in [0.3, 0.4) is 0 Å². The van der Waals surface area contributed by atoms with Crippen molar-refractivity contribution in [2.45, 2.75) is 6.92 Å². The molecule has 0 N–H and O–H groups in total. The average Bonchev–Trinajstić information content (AvgIpc) is 2.53. The van der Waals surface area contributed by atoms with Gasteiger partial charge in [-0.2, -0.15) is 0 Å². The Morgan fingerprint density at radius 3 is 2.40 bits per heavy atom. The molecule has 0 saturated carbocycles. The normalized spacial score (nSPS) is 10.1. The zero-order valence-electron chi connectivity index (χ0n) is 11.8. The summed E-state index contributed by atoms with van der Waals surface area (Å²) in [5.74, 6) is 2.21. The summed E-state index contributed by atoms with van der Waals surface area (Å²) in [6.07, 6.45) is 3.48. The van der Waals surface area contributed by atoms with Gasteiger partial charge in [0.05, 0.1) is 13.7 Å². The highest BCUT2D eigenvalue weighted by molar-refractivity contribution is 5.39. The van der Waals surface area contributed by atoms with Crippen LogP contribution in [0.5, 0.6) is 11.5 Å². The quantitative estimate of drug-likeness (QED) is 0.775. The molecule has 0 aliphatic carbocycles. The summed E-state index contributed by atoms with van der Waals surface area (Å²) in [4.78, 5) is 10.6. The summed E-state index contributed by atoms with van der Waals surface area (Å²) in [7, 11) is 1.64. The van der Waals surface area contributed by atoms with Gasteiger partial charge in [-0.1, -0.05) is 12.1 Å². The third kappa shape index (κ3) is 3.60. The van der Waals surface area contributed by atoms with Crippen LogP contribution in [0.4, 0.5) is 5.95 Å². The maximum atomic E-state index is 5.76. The van der Waals surface area contributed by atoms with Crippen LogP contribution >= 0.6 is 0 Å².